The highest BCUT2D eigenvalue weighted by Gasteiger charge is 2.38. The SMILES string of the molecule is CC.CC(C)Sc1cccc2cc(C=O)cnc12.CNCCOCCNC(=O)C[C@@H]1N=C(c2ccc(Cl)cc2)c2c(sc(C)c2C)-[n+]2c(C)nn(C)c21. The highest BCUT2D eigenvalue weighted by molar-refractivity contribution is 8.00. The summed E-state index contributed by atoms with van der Waals surface area (Å²) in [5, 5.41) is 14.0. The summed E-state index contributed by atoms with van der Waals surface area (Å²) in [5.74, 6) is 1.67. The van der Waals surface area contributed by atoms with E-state index in [9.17, 15) is 9.59 Å². The molecule has 4 heterocycles. The van der Waals surface area contributed by atoms with E-state index in [-0.39, 0.29) is 12.3 Å². The van der Waals surface area contributed by atoms with E-state index in [0.29, 0.717) is 35.6 Å². The van der Waals surface area contributed by atoms with Crippen LogP contribution in [0.4, 0.5) is 0 Å². The molecule has 10 nitrogen and oxygen atoms in total. The maximum Gasteiger partial charge on any atom is 0.280 e. The lowest BCUT2D eigenvalue weighted by Crippen LogP contribution is -2.39. The topological polar surface area (TPSA) is 114 Å². The van der Waals surface area contributed by atoms with Gasteiger partial charge in [-0.2, -0.15) is 4.57 Å². The number of rotatable bonds is 12. The highest BCUT2D eigenvalue weighted by atomic mass is 35.5. The molecule has 0 saturated heterocycles. The van der Waals surface area contributed by atoms with Gasteiger partial charge in [0.2, 0.25) is 5.91 Å². The van der Waals surface area contributed by atoms with Crippen molar-refractivity contribution in [3.8, 4) is 5.00 Å². The first kappa shape index (κ1) is 41.8. The molecule has 5 aromatic rings. The molecule has 1 aliphatic heterocycles. The molecule has 282 valence electrons. The Bertz CT molecular complexity index is 2040. The van der Waals surface area contributed by atoms with Crippen molar-refractivity contribution < 1.29 is 18.9 Å². The molecular formula is C40H51ClN7O3S2+. The summed E-state index contributed by atoms with van der Waals surface area (Å²) in [6.45, 7) is 16.9. The number of amides is 1. The number of nitrogens with one attached hydrogen (secondary N) is 2. The average molecular weight is 777 g/mol. The van der Waals surface area contributed by atoms with Gasteiger partial charge >= 0.3 is 0 Å². The molecular weight excluding hydrogens is 726 g/mol. The number of thiophene rings is 1. The van der Waals surface area contributed by atoms with Gasteiger partial charge in [0.25, 0.3) is 11.6 Å². The lowest BCUT2D eigenvalue weighted by atomic mass is 9.99. The maximum absolute atomic E-state index is 13.0. The van der Waals surface area contributed by atoms with Crippen LogP contribution in [0.5, 0.6) is 0 Å². The maximum atomic E-state index is 13.0. The Kier molecular flexibility index (Phi) is 15.7. The van der Waals surface area contributed by atoms with Crippen molar-refractivity contribution in [3.63, 3.8) is 0 Å². The van der Waals surface area contributed by atoms with Crippen LogP contribution in [0.15, 0.2) is 64.6 Å². The first-order chi connectivity index (χ1) is 25.5. The normalized spacial score (nSPS) is 13.2. The smallest absolute Gasteiger partial charge is 0.280 e. The fourth-order valence-corrected chi connectivity index (χ4v) is 8.16. The Hall–Kier alpha value is -3.94. The number of aromatic nitrogens is 4. The third kappa shape index (κ3) is 10.4. The molecule has 0 bridgehead atoms. The lowest BCUT2D eigenvalue weighted by molar-refractivity contribution is -0.609. The summed E-state index contributed by atoms with van der Waals surface area (Å²) in [7, 11) is 3.79. The summed E-state index contributed by atoms with van der Waals surface area (Å²) in [6, 6.07) is 15.3. The number of hydrogen-bond donors (Lipinski definition) is 2. The van der Waals surface area contributed by atoms with Crippen molar-refractivity contribution in [1.82, 2.24) is 25.4 Å². The second-order valence-corrected chi connectivity index (χ2v) is 15.7. The molecule has 0 spiro atoms. The van der Waals surface area contributed by atoms with Gasteiger partial charge in [-0.25, -0.2) is 0 Å². The van der Waals surface area contributed by atoms with Crippen LogP contribution in [0.25, 0.3) is 15.9 Å². The Labute approximate surface area is 326 Å². The molecule has 1 aliphatic rings. The molecule has 3 aromatic heterocycles. The quantitative estimate of drug-likeness (QED) is 0.0583. The summed E-state index contributed by atoms with van der Waals surface area (Å²) >= 11 is 9.70. The molecule has 0 aliphatic carbocycles. The molecule has 2 N–H and O–H groups in total. The Morgan fingerprint density at radius 3 is 2.51 bits per heavy atom. The van der Waals surface area contributed by atoms with Gasteiger partial charge in [0.15, 0.2) is 11.3 Å². The second kappa shape index (κ2) is 19.9. The number of hydrogen-bond acceptors (Lipinski definition) is 9. The number of aryl methyl sites for hydroxylation is 3. The number of likely N-dealkylation sites (N-methyl/N-ethyl adjacent to an activating group) is 1. The average Bonchev–Trinajstić information content (AvgIpc) is 3.55. The number of carbonyl (C=O) groups is 2. The molecule has 0 fully saturated rings. The van der Waals surface area contributed by atoms with Crippen LogP contribution in [-0.4, -0.2) is 71.3 Å². The number of aliphatic imine (C=N–C) groups is 1. The van der Waals surface area contributed by atoms with E-state index in [1.807, 2.05) is 82.0 Å². The van der Waals surface area contributed by atoms with Crippen molar-refractivity contribution in [2.45, 2.75) is 71.1 Å². The van der Waals surface area contributed by atoms with Crippen molar-refractivity contribution in [3.05, 3.63) is 98.5 Å². The summed E-state index contributed by atoms with van der Waals surface area (Å²) in [4.78, 5) is 35.6. The molecule has 6 rings (SSSR count). The van der Waals surface area contributed by atoms with Gasteiger partial charge in [-0.3, -0.25) is 19.6 Å². The summed E-state index contributed by atoms with van der Waals surface area (Å²) < 4.78 is 9.52. The van der Waals surface area contributed by atoms with Crippen molar-refractivity contribution in [1.29, 1.82) is 0 Å². The molecule has 1 atom stereocenters. The van der Waals surface area contributed by atoms with Crippen LogP contribution < -0.4 is 15.2 Å². The Morgan fingerprint density at radius 1 is 1.11 bits per heavy atom. The number of nitrogens with zero attached hydrogens (tertiary/aromatic N) is 5. The van der Waals surface area contributed by atoms with E-state index in [4.69, 9.17) is 21.3 Å². The summed E-state index contributed by atoms with van der Waals surface area (Å²) in [6.07, 6.45) is 2.66. The van der Waals surface area contributed by atoms with Gasteiger partial charge in [0.05, 0.1) is 43.5 Å². The number of carbonyl (C=O) groups excluding carboxylic acids is 2. The lowest BCUT2D eigenvalue weighted by Gasteiger charge is -2.12. The van der Waals surface area contributed by atoms with Crippen molar-refractivity contribution in [2.75, 3.05) is 33.4 Å². The number of ether oxygens (including phenoxy) is 1. The predicted molar refractivity (Wildman–Crippen MR) is 219 cm³/mol. The fraction of sp³-hybridized carbons (Fsp3) is 0.400. The molecule has 0 saturated carbocycles. The van der Waals surface area contributed by atoms with Gasteiger partial charge in [-0.15, -0.1) is 27.8 Å². The third-order valence-electron chi connectivity index (χ3n) is 8.32. The van der Waals surface area contributed by atoms with Gasteiger partial charge in [-0.1, -0.05) is 63.6 Å². The number of para-hydroxylation sites is 1. The van der Waals surface area contributed by atoms with Crippen LogP contribution >= 0.6 is 34.7 Å². The minimum absolute atomic E-state index is 0.0741. The first-order valence-electron chi connectivity index (χ1n) is 17.9. The highest BCUT2D eigenvalue weighted by Crippen LogP contribution is 2.36. The van der Waals surface area contributed by atoms with E-state index in [2.05, 4.69) is 59.0 Å². The zero-order chi connectivity index (χ0) is 38.7. The van der Waals surface area contributed by atoms with E-state index in [0.717, 1.165) is 57.2 Å². The third-order valence-corrected chi connectivity index (χ3v) is 10.8. The number of fused-ring (bicyclic) bond motifs is 4. The molecule has 1 amide bonds. The predicted octanol–water partition coefficient (Wildman–Crippen LogP) is 7.55. The van der Waals surface area contributed by atoms with E-state index in [1.54, 1.807) is 29.3 Å². The largest absolute Gasteiger partial charge is 0.378 e. The number of thioether (sulfide) groups is 1. The molecule has 2 aromatic carbocycles. The van der Waals surface area contributed by atoms with E-state index < -0.39 is 6.04 Å². The minimum Gasteiger partial charge on any atom is -0.378 e. The fourth-order valence-electron chi connectivity index (χ4n) is 5.88. The standard InChI is InChI=1S/C25H31ClN6O2S.C13H13NOS.C2H6/c1-15-16(2)35-25-22(15)23(18-6-8-19(26)9-7-18)29-20(24-31(5)30-17(3)32(24)25)14-21(33)28-11-13-34-12-10-27-4;1-9(2)16-12-5-3-4-11-6-10(8-15)7-14-13(11)12;1-2/h6-9,20,27H,10-14H2,1-5H3;3-9H,1-2H3;1-2H3/p+1/t20-;;/m0../s1. The van der Waals surface area contributed by atoms with Crippen molar-refractivity contribution >= 4 is 63.5 Å². The minimum atomic E-state index is -0.406. The number of aldehydes is 1. The van der Waals surface area contributed by atoms with Crippen LogP contribution in [0, 0.1) is 20.8 Å². The van der Waals surface area contributed by atoms with Gasteiger partial charge < -0.3 is 15.4 Å². The Morgan fingerprint density at radius 2 is 1.83 bits per heavy atom. The number of halogens is 1. The molecule has 53 heavy (non-hydrogen) atoms. The Balaban J connectivity index is 0.000000290. The van der Waals surface area contributed by atoms with Gasteiger partial charge in [-0.05, 0) is 50.7 Å². The second-order valence-electron chi connectivity index (χ2n) is 12.5. The van der Waals surface area contributed by atoms with Gasteiger partial charge in [0, 0.05) is 67.9 Å². The van der Waals surface area contributed by atoms with E-state index in [1.165, 1.54) is 15.3 Å². The van der Waals surface area contributed by atoms with Crippen LogP contribution in [0.1, 0.15) is 83.7 Å². The molecule has 13 heteroatoms. The van der Waals surface area contributed by atoms with Crippen LogP contribution in [0.2, 0.25) is 5.02 Å². The van der Waals surface area contributed by atoms with Gasteiger partial charge in [0.1, 0.15) is 6.04 Å². The monoisotopic (exact) mass is 776 g/mol. The molecule has 0 radical (unpaired) electrons. The van der Waals surface area contributed by atoms with Crippen LogP contribution in [-0.2, 0) is 16.6 Å². The number of pyridine rings is 1. The zero-order valence-electron chi connectivity index (χ0n) is 32.1. The number of benzene rings is 2. The van der Waals surface area contributed by atoms with Crippen LogP contribution in [0.3, 0.4) is 0 Å². The molecule has 0 unspecified atom stereocenters. The summed E-state index contributed by atoms with van der Waals surface area (Å²) in [5.41, 5.74) is 5.71. The first-order valence-corrected chi connectivity index (χ1v) is 20.0. The van der Waals surface area contributed by atoms with E-state index >= 15 is 0 Å². The zero-order valence-corrected chi connectivity index (χ0v) is 34.5. The van der Waals surface area contributed by atoms with Crippen molar-refractivity contribution in [2.24, 2.45) is 12.0 Å².